The van der Waals surface area contributed by atoms with Gasteiger partial charge in [0.1, 0.15) is 5.75 Å². The number of aromatic nitrogens is 1. The Bertz CT molecular complexity index is 1480. The van der Waals surface area contributed by atoms with Crippen molar-refractivity contribution in [2.24, 2.45) is 0 Å². The Morgan fingerprint density at radius 1 is 0.700 bits per heavy atom. The first-order valence-electron chi connectivity index (χ1n) is 14.4. The summed E-state index contributed by atoms with van der Waals surface area (Å²) in [6.45, 7) is 4.98. The minimum atomic E-state index is -0.206. The lowest BCUT2D eigenvalue weighted by Crippen LogP contribution is -2.06. The number of benzene rings is 3. The number of rotatable bonds is 15. The lowest BCUT2D eigenvalue weighted by molar-refractivity contribution is -0.143. The highest BCUT2D eigenvalue weighted by Crippen LogP contribution is 2.32. The Hall–Kier alpha value is -3.93. The largest absolute Gasteiger partial charge is 0.497 e. The molecular formula is C34H39NO5. The zero-order valence-corrected chi connectivity index (χ0v) is 23.8. The van der Waals surface area contributed by atoms with Crippen LogP contribution in [0.5, 0.6) is 5.75 Å². The van der Waals surface area contributed by atoms with Crippen LogP contribution in [0.4, 0.5) is 0 Å². The van der Waals surface area contributed by atoms with Crippen molar-refractivity contribution in [1.29, 1.82) is 0 Å². The number of Topliss-reactive ketones (excluding diaryl/α,β-unsaturated/α-hetero) is 1. The predicted octanol–water partition coefficient (Wildman–Crippen LogP) is 7.92. The Balaban J connectivity index is 1.68. The van der Waals surface area contributed by atoms with Crippen molar-refractivity contribution in [3.05, 3.63) is 77.4 Å². The first-order chi connectivity index (χ1) is 19.5. The van der Waals surface area contributed by atoms with E-state index in [-0.39, 0.29) is 17.5 Å². The van der Waals surface area contributed by atoms with Gasteiger partial charge in [-0.2, -0.15) is 0 Å². The average Bonchev–Trinajstić information content (AvgIpc) is 3.29. The molecule has 3 aromatic carbocycles. The van der Waals surface area contributed by atoms with Gasteiger partial charge < -0.3 is 14.0 Å². The van der Waals surface area contributed by atoms with Crippen molar-refractivity contribution in [1.82, 2.24) is 4.57 Å². The summed E-state index contributed by atoms with van der Waals surface area (Å²) in [5.41, 5.74) is 3.80. The zero-order valence-electron chi connectivity index (χ0n) is 23.8. The molecule has 0 aliphatic carbocycles. The summed E-state index contributed by atoms with van der Waals surface area (Å²) >= 11 is 0. The van der Waals surface area contributed by atoms with Crippen molar-refractivity contribution in [3.63, 3.8) is 0 Å². The minimum Gasteiger partial charge on any atom is -0.497 e. The van der Waals surface area contributed by atoms with Gasteiger partial charge >= 0.3 is 5.97 Å². The van der Waals surface area contributed by atoms with E-state index in [1.165, 1.54) is 12.8 Å². The smallest absolute Gasteiger partial charge is 0.305 e. The normalized spacial score (nSPS) is 11.2. The minimum absolute atomic E-state index is 0.0768. The molecule has 0 unspecified atom stereocenters. The fourth-order valence-electron chi connectivity index (χ4n) is 5.22. The maximum absolute atomic E-state index is 13.4. The van der Waals surface area contributed by atoms with Gasteiger partial charge in [-0.1, -0.05) is 32.6 Å². The first-order valence-corrected chi connectivity index (χ1v) is 14.4. The number of fused-ring (bicyclic) bond motifs is 3. The summed E-state index contributed by atoms with van der Waals surface area (Å²) in [6.07, 6.45) is 7.00. The van der Waals surface area contributed by atoms with Gasteiger partial charge in [-0.25, -0.2) is 0 Å². The molecule has 0 aliphatic rings. The number of hydrogen-bond donors (Lipinski definition) is 0. The van der Waals surface area contributed by atoms with Crippen LogP contribution < -0.4 is 4.74 Å². The van der Waals surface area contributed by atoms with E-state index in [9.17, 15) is 14.4 Å². The molecule has 6 nitrogen and oxygen atoms in total. The molecule has 0 saturated carbocycles. The van der Waals surface area contributed by atoms with Crippen molar-refractivity contribution in [2.75, 3.05) is 13.7 Å². The standard InChI is InChI=1S/C34H39NO5/c1-4-6-7-8-9-11-32(36)25-15-19-30-28(22-25)29-23-26(34(38)24-13-17-27(39-3)18-14-24)16-20-31(29)35(30)21-10-12-33(37)40-5-2/h13-20,22-23H,4-12,21H2,1-3H3. The molecule has 0 spiro atoms. The number of methoxy groups -OCH3 is 1. The van der Waals surface area contributed by atoms with Crippen LogP contribution in [-0.4, -0.2) is 35.8 Å². The van der Waals surface area contributed by atoms with Gasteiger partial charge in [0.05, 0.1) is 13.7 Å². The number of esters is 1. The average molecular weight is 542 g/mol. The second-order valence-corrected chi connectivity index (χ2v) is 10.2. The summed E-state index contributed by atoms with van der Waals surface area (Å²) in [7, 11) is 1.60. The molecule has 0 atom stereocenters. The molecule has 0 radical (unpaired) electrons. The second-order valence-electron chi connectivity index (χ2n) is 10.2. The molecule has 40 heavy (non-hydrogen) atoms. The van der Waals surface area contributed by atoms with E-state index in [1.54, 1.807) is 38.3 Å². The second kappa shape index (κ2) is 13.9. The van der Waals surface area contributed by atoms with E-state index in [0.717, 1.165) is 41.1 Å². The van der Waals surface area contributed by atoms with Crippen molar-refractivity contribution >= 4 is 39.3 Å². The Morgan fingerprint density at radius 2 is 1.32 bits per heavy atom. The number of aryl methyl sites for hydroxylation is 1. The van der Waals surface area contributed by atoms with E-state index in [2.05, 4.69) is 11.5 Å². The Labute approximate surface area is 236 Å². The molecule has 1 heterocycles. The molecule has 0 amide bonds. The number of nitrogens with zero attached hydrogens (tertiary/aromatic N) is 1. The zero-order chi connectivity index (χ0) is 28.5. The van der Waals surface area contributed by atoms with E-state index in [1.807, 2.05) is 36.4 Å². The molecule has 6 heteroatoms. The van der Waals surface area contributed by atoms with Gasteiger partial charge in [-0.15, -0.1) is 0 Å². The summed E-state index contributed by atoms with van der Waals surface area (Å²) in [5.74, 6) is 0.557. The highest BCUT2D eigenvalue weighted by atomic mass is 16.5. The van der Waals surface area contributed by atoms with Crippen LogP contribution >= 0.6 is 0 Å². The summed E-state index contributed by atoms with van der Waals surface area (Å²) in [5, 5.41) is 1.86. The highest BCUT2D eigenvalue weighted by Gasteiger charge is 2.17. The molecule has 0 bridgehead atoms. The SMILES string of the molecule is CCCCCCCC(=O)c1ccc2c(c1)c1cc(C(=O)c3ccc(OC)cc3)ccc1n2CCCC(=O)OCC. The van der Waals surface area contributed by atoms with Crippen LogP contribution in [0, 0.1) is 0 Å². The molecule has 0 aliphatic heterocycles. The van der Waals surface area contributed by atoms with Crippen LogP contribution in [-0.2, 0) is 16.1 Å². The third-order valence-electron chi connectivity index (χ3n) is 7.38. The van der Waals surface area contributed by atoms with Crippen molar-refractivity contribution < 1.29 is 23.9 Å². The van der Waals surface area contributed by atoms with Crippen molar-refractivity contribution in [3.8, 4) is 5.75 Å². The van der Waals surface area contributed by atoms with E-state index < -0.39 is 0 Å². The van der Waals surface area contributed by atoms with Gasteiger partial charge in [0.15, 0.2) is 11.6 Å². The predicted molar refractivity (Wildman–Crippen MR) is 159 cm³/mol. The fourth-order valence-corrected chi connectivity index (χ4v) is 5.22. The lowest BCUT2D eigenvalue weighted by Gasteiger charge is -2.08. The number of carbonyl (C=O) groups excluding carboxylic acids is 3. The monoisotopic (exact) mass is 541 g/mol. The molecule has 4 aromatic rings. The van der Waals surface area contributed by atoms with Gasteiger partial charge in [-0.3, -0.25) is 14.4 Å². The lowest BCUT2D eigenvalue weighted by atomic mass is 9.99. The first kappa shape index (κ1) is 29.1. The Morgan fingerprint density at radius 3 is 1.98 bits per heavy atom. The molecule has 0 N–H and O–H groups in total. The van der Waals surface area contributed by atoms with Crippen LogP contribution in [0.3, 0.4) is 0 Å². The number of ketones is 2. The quantitative estimate of drug-likeness (QED) is 0.0868. The van der Waals surface area contributed by atoms with E-state index >= 15 is 0 Å². The van der Waals surface area contributed by atoms with Crippen LogP contribution in [0.2, 0.25) is 0 Å². The third-order valence-corrected chi connectivity index (χ3v) is 7.38. The summed E-state index contributed by atoms with van der Waals surface area (Å²) in [6, 6.07) is 18.7. The molecule has 4 rings (SSSR count). The van der Waals surface area contributed by atoms with E-state index in [4.69, 9.17) is 9.47 Å². The van der Waals surface area contributed by atoms with Crippen LogP contribution in [0.1, 0.15) is 91.5 Å². The highest BCUT2D eigenvalue weighted by molar-refractivity contribution is 6.15. The third kappa shape index (κ3) is 6.79. The summed E-state index contributed by atoms with van der Waals surface area (Å²) in [4.78, 5) is 38.4. The molecule has 0 saturated heterocycles. The molecule has 0 fully saturated rings. The molecular weight excluding hydrogens is 502 g/mol. The number of hydrogen-bond acceptors (Lipinski definition) is 5. The maximum Gasteiger partial charge on any atom is 0.305 e. The van der Waals surface area contributed by atoms with Crippen LogP contribution in [0.15, 0.2) is 60.7 Å². The van der Waals surface area contributed by atoms with Crippen molar-refractivity contribution in [2.45, 2.75) is 71.8 Å². The molecule has 1 aromatic heterocycles. The summed E-state index contributed by atoms with van der Waals surface area (Å²) < 4.78 is 12.5. The maximum atomic E-state index is 13.4. The number of carbonyl (C=O) groups is 3. The number of ether oxygens (including phenoxy) is 2. The molecule has 210 valence electrons. The number of unbranched alkanes of at least 4 members (excludes halogenated alkanes) is 4. The Kier molecular flexibility index (Phi) is 10.1. The van der Waals surface area contributed by atoms with E-state index in [0.29, 0.717) is 54.9 Å². The van der Waals surface area contributed by atoms with Gasteiger partial charge in [0.2, 0.25) is 0 Å². The topological polar surface area (TPSA) is 74.6 Å². The van der Waals surface area contributed by atoms with Gasteiger partial charge in [0, 0.05) is 57.9 Å². The van der Waals surface area contributed by atoms with Gasteiger partial charge in [-0.05, 0) is 80.4 Å². The fraction of sp³-hybridized carbons (Fsp3) is 0.382. The van der Waals surface area contributed by atoms with Gasteiger partial charge in [0.25, 0.3) is 0 Å². The van der Waals surface area contributed by atoms with Crippen LogP contribution in [0.25, 0.3) is 21.8 Å².